The SMILES string of the molecule is CCCc1ccc(-c2ccc(C(=O)N3C[C@@H](N)[C@H](O)[C@H]3C(=O)NO)cc2)cc1. The number of benzene rings is 2. The normalized spacial score (nSPS) is 21.6. The molecule has 148 valence electrons. The van der Waals surface area contributed by atoms with Crippen molar-refractivity contribution < 1.29 is 19.9 Å². The summed E-state index contributed by atoms with van der Waals surface area (Å²) in [5.74, 6) is -1.29. The highest BCUT2D eigenvalue weighted by Gasteiger charge is 2.45. The van der Waals surface area contributed by atoms with Gasteiger partial charge in [-0.25, -0.2) is 5.48 Å². The van der Waals surface area contributed by atoms with E-state index in [0.717, 1.165) is 24.0 Å². The molecule has 3 atom stereocenters. The Balaban J connectivity index is 1.79. The molecular weight excluding hydrogens is 358 g/mol. The van der Waals surface area contributed by atoms with Gasteiger partial charge in [0, 0.05) is 12.1 Å². The fourth-order valence-corrected chi connectivity index (χ4v) is 3.56. The van der Waals surface area contributed by atoms with E-state index in [1.54, 1.807) is 12.1 Å². The Bertz CT molecular complexity index is 836. The molecule has 0 aromatic heterocycles. The molecule has 0 aliphatic carbocycles. The van der Waals surface area contributed by atoms with Gasteiger partial charge in [-0.1, -0.05) is 49.7 Å². The summed E-state index contributed by atoms with van der Waals surface area (Å²) in [4.78, 5) is 25.9. The van der Waals surface area contributed by atoms with E-state index >= 15 is 0 Å². The Hall–Kier alpha value is -2.74. The molecular formula is C21H25N3O4. The topological polar surface area (TPSA) is 116 Å². The molecule has 1 aliphatic rings. The molecule has 0 radical (unpaired) electrons. The molecule has 2 aromatic carbocycles. The summed E-state index contributed by atoms with van der Waals surface area (Å²) < 4.78 is 0. The van der Waals surface area contributed by atoms with Crippen molar-refractivity contribution >= 4 is 11.8 Å². The van der Waals surface area contributed by atoms with Gasteiger partial charge in [0.1, 0.15) is 12.1 Å². The molecule has 0 spiro atoms. The highest BCUT2D eigenvalue weighted by Crippen LogP contribution is 2.24. The van der Waals surface area contributed by atoms with E-state index in [-0.39, 0.29) is 6.54 Å². The molecule has 2 aromatic rings. The third-order valence-corrected chi connectivity index (χ3v) is 5.10. The minimum Gasteiger partial charge on any atom is -0.389 e. The van der Waals surface area contributed by atoms with E-state index in [4.69, 9.17) is 10.9 Å². The number of aliphatic hydroxyl groups excluding tert-OH is 1. The van der Waals surface area contributed by atoms with Gasteiger partial charge in [-0.05, 0) is 35.2 Å². The van der Waals surface area contributed by atoms with Crippen molar-refractivity contribution in [2.24, 2.45) is 5.73 Å². The lowest BCUT2D eigenvalue weighted by Crippen LogP contribution is -2.50. The standard InChI is InChI=1S/C21H25N3O4/c1-2-3-13-4-6-14(7-5-13)15-8-10-16(11-9-15)21(27)24-12-17(22)19(25)18(24)20(26)23-28/h4-11,17-19,25,28H,2-3,12,22H2,1H3,(H,23,26)/t17-,18+,19+/m1/s1. The van der Waals surface area contributed by atoms with E-state index in [9.17, 15) is 14.7 Å². The zero-order valence-electron chi connectivity index (χ0n) is 15.7. The summed E-state index contributed by atoms with van der Waals surface area (Å²) in [5, 5.41) is 19.0. The molecule has 1 aliphatic heterocycles. The lowest BCUT2D eigenvalue weighted by Gasteiger charge is -2.24. The van der Waals surface area contributed by atoms with Gasteiger partial charge in [0.25, 0.3) is 11.8 Å². The number of hydroxylamine groups is 1. The first-order chi connectivity index (χ1) is 13.5. The second-order valence-corrected chi connectivity index (χ2v) is 7.06. The number of amides is 2. The second-order valence-electron chi connectivity index (χ2n) is 7.06. The first kappa shape index (κ1) is 20.0. The van der Waals surface area contributed by atoms with Gasteiger partial charge in [-0.2, -0.15) is 0 Å². The number of nitrogens with zero attached hydrogens (tertiary/aromatic N) is 1. The van der Waals surface area contributed by atoms with Gasteiger partial charge >= 0.3 is 0 Å². The van der Waals surface area contributed by atoms with Gasteiger partial charge in [0.2, 0.25) is 0 Å². The van der Waals surface area contributed by atoms with Gasteiger partial charge in [0.05, 0.1) is 6.04 Å². The van der Waals surface area contributed by atoms with Crippen LogP contribution in [0.3, 0.4) is 0 Å². The zero-order chi connectivity index (χ0) is 20.3. The Morgan fingerprint density at radius 2 is 1.68 bits per heavy atom. The molecule has 28 heavy (non-hydrogen) atoms. The molecule has 0 saturated carbocycles. The van der Waals surface area contributed by atoms with Gasteiger partial charge in [-0.3, -0.25) is 14.8 Å². The monoisotopic (exact) mass is 383 g/mol. The van der Waals surface area contributed by atoms with Gasteiger partial charge < -0.3 is 15.7 Å². The molecule has 0 unspecified atom stereocenters. The smallest absolute Gasteiger partial charge is 0.268 e. The Labute approximate surface area is 163 Å². The second kappa shape index (κ2) is 8.52. The minimum atomic E-state index is -1.24. The third-order valence-electron chi connectivity index (χ3n) is 5.10. The van der Waals surface area contributed by atoms with Crippen LogP contribution in [0, 0.1) is 0 Å². The molecule has 5 N–H and O–H groups in total. The predicted molar refractivity (Wildman–Crippen MR) is 105 cm³/mol. The Morgan fingerprint density at radius 1 is 1.11 bits per heavy atom. The van der Waals surface area contributed by atoms with Crippen LogP contribution >= 0.6 is 0 Å². The molecule has 3 rings (SSSR count). The number of nitrogens with two attached hydrogens (primary N) is 1. The molecule has 7 heteroatoms. The average molecular weight is 383 g/mol. The number of hydrogen-bond donors (Lipinski definition) is 4. The molecule has 1 saturated heterocycles. The lowest BCUT2D eigenvalue weighted by molar-refractivity contribution is -0.135. The maximum Gasteiger partial charge on any atom is 0.268 e. The molecule has 0 bridgehead atoms. The maximum absolute atomic E-state index is 12.8. The first-order valence-electron chi connectivity index (χ1n) is 9.34. The van der Waals surface area contributed by atoms with Crippen LogP contribution in [0.1, 0.15) is 29.3 Å². The van der Waals surface area contributed by atoms with Gasteiger partial charge in [0.15, 0.2) is 0 Å². The number of nitrogens with one attached hydrogen (secondary N) is 1. The number of likely N-dealkylation sites (tertiary alicyclic amines) is 1. The minimum absolute atomic E-state index is 0.0265. The van der Waals surface area contributed by atoms with E-state index in [2.05, 4.69) is 31.2 Å². The van der Waals surface area contributed by atoms with E-state index in [1.165, 1.54) is 15.9 Å². The van der Waals surface area contributed by atoms with E-state index < -0.39 is 30.0 Å². The number of hydrogen-bond acceptors (Lipinski definition) is 5. The van der Waals surface area contributed by atoms with Crippen LogP contribution in [0.4, 0.5) is 0 Å². The summed E-state index contributed by atoms with van der Waals surface area (Å²) in [6.07, 6.45) is 0.900. The first-order valence-corrected chi connectivity index (χ1v) is 9.34. The van der Waals surface area contributed by atoms with Crippen LogP contribution in [0.5, 0.6) is 0 Å². The van der Waals surface area contributed by atoms with Crippen LogP contribution < -0.4 is 11.2 Å². The summed E-state index contributed by atoms with van der Waals surface area (Å²) in [6.45, 7) is 2.17. The number of carbonyl (C=O) groups is 2. The summed E-state index contributed by atoms with van der Waals surface area (Å²) >= 11 is 0. The van der Waals surface area contributed by atoms with Crippen molar-refractivity contribution in [2.75, 3.05) is 6.54 Å². The van der Waals surface area contributed by atoms with Crippen molar-refractivity contribution in [3.63, 3.8) is 0 Å². The van der Waals surface area contributed by atoms with Crippen LogP contribution in [-0.4, -0.2) is 51.8 Å². The Kier molecular flexibility index (Phi) is 6.08. The molecule has 2 amide bonds. The summed E-state index contributed by atoms with van der Waals surface area (Å²) in [5.41, 5.74) is 11.0. The Morgan fingerprint density at radius 3 is 2.21 bits per heavy atom. The number of aryl methyl sites for hydroxylation is 1. The van der Waals surface area contributed by atoms with E-state index in [1.807, 2.05) is 12.1 Å². The van der Waals surface area contributed by atoms with Crippen molar-refractivity contribution in [1.82, 2.24) is 10.4 Å². The highest BCUT2D eigenvalue weighted by molar-refractivity contribution is 5.98. The van der Waals surface area contributed by atoms with Gasteiger partial charge in [-0.15, -0.1) is 0 Å². The quantitative estimate of drug-likeness (QED) is 0.459. The van der Waals surface area contributed by atoms with Crippen molar-refractivity contribution in [3.05, 3.63) is 59.7 Å². The summed E-state index contributed by atoms with van der Waals surface area (Å²) in [7, 11) is 0. The highest BCUT2D eigenvalue weighted by atomic mass is 16.5. The number of rotatable bonds is 5. The third kappa shape index (κ3) is 3.91. The van der Waals surface area contributed by atoms with Crippen molar-refractivity contribution in [3.8, 4) is 11.1 Å². The predicted octanol–water partition coefficient (Wildman–Crippen LogP) is 1.32. The largest absolute Gasteiger partial charge is 0.389 e. The van der Waals surface area contributed by atoms with Crippen LogP contribution in [0.2, 0.25) is 0 Å². The van der Waals surface area contributed by atoms with Crippen LogP contribution in [0.25, 0.3) is 11.1 Å². The average Bonchev–Trinajstić information content (AvgIpc) is 3.02. The zero-order valence-corrected chi connectivity index (χ0v) is 15.7. The van der Waals surface area contributed by atoms with Crippen LogP contribution in [0.15, 0.2) is 48.5 Å². The van der Waals surface area contributed by atoms with Crippen LogP contribution in [-0.2, 0) is 11.2 Å². The number of carbonyl (C=O) groups excluding carboxylic acids is 2. The fourth-order valence-electron chi connectivity index (χ4n) is 3.56. The number of aliphatic hydroxyl groups is 1. The lowest BCUT2D eigenvalue weighted by atomic mass is 10.0. The maximum atomic E-state index is 12.8. The molecule has 1 heterocycles. The van der Waals surface area contributed by atoms with Crippen molar-refractivity contribution in [1.29, 1.82) is 0 Å². The summed E-state index contributed by atoms with van der Waals surface area (Å²) in [6, 6.07) is 13.4. The van der Waals surface area contributed by atoms with E-state index in [0.29, 0.717) is 5.56 Å². The van der Waals surface area contributed by atoms with Crippen molar-refractivity contribution in [2.45, 2.75) is 38.0 Å². The molecule has 1 fully saturated rings. The fraction of sp³-hybridized carbons (Fsp3) is 0.333. The molecule has 7 nitrogen and oxygen atoms in total.